The topological polar surface area (TPSA) is 87.0 Å². The van der Waals surface area contributed by atoms with Crippen LogP contribution in [0.2, 0.25) is 0 Å². The van der Waals surface area contributed by atoms with Crippen molar-refractivity contribution in [3.63, 3.8) is 0 Å². The SMILES string of the molecule is C#Cc1cc([N+](=O)[O-])cc(S(=O)(=O)N2CCN(Cc3ccccc3)CC2)c1N(CCBr)CCBr. The van der Waals surface area contributed by atoms with Crippen molar-refractivity contribution in [3.05, 3.63) is 63.7 Å². The number of piperazine rings is 1. The molecule has 1 aliphatic rings. The summed E-state index contributed by atoms with van der Waals surface area (Å²) < 4.78 is 29.0. The fourth-order valence-corrected chi connectivity index (χ4v) is 6.51. The highest BCUT2D eigenvalue weighted by Crippen LogP contribution is 2.36. The van der Waals surface area contributed by atoms with Gasteiger partial charge in [0.2, 0.25) is 10.0 Å². The Labute approximate surface area is 217 Å². The zero-order chi connectivity index (χ0) is 24.7. The largest absolute Gasteiger partial charge is 0.368 e. The van der Waals surface area contributed by atoms with Crippen molar-refractivity contribution in [2.45, 2.75) is 11.4 Å². The number of sulfonamides is 1. The molecule has 2 aromatic carbocycles. The molecular weight excluding hydrogens is 588 g/mol. The summed E-state index contributed by atoms with van der Waals surface area (Å²) >= 11 is 6.81. The van der Waals surface area contributed by atoms with E-state index in [4.69, 9.17) is 6.42 Å². The Morgan fingerprint density at radius 2 is 1.68 bits per heavy atom. The van der Waals surface area contributed by atoms with Crippen LogP contribution >= 0.6 is 31.9 Å². The van der Waals surface area contributed by atoms with E-state index in [0.717, 1.165) is 12.6 Å². The second-order valence-electron chi connectivity index (χ2n) is 7.77. The van der Waals surface area contributed by atoms with Crippen molar-refractivity contribution in [2.24, 2.45) is 0 Å². The maximum Gasteiger partial charge on any atom is 0.272 e. The van der Waals surface area contributed by atoms with E-state index in [9.17, 15) is 18.5 Å². The molecular formula is C23H26Br2N4O4S. The van der Waals surface area contributed by atoms with E-state index >= 15 is 0 Å². The number of terminal acetylenes is 1. The highest BCUT2D eigenvalue weighted by molar-refractivity contribution is 9.09. The first-order valence-electron chi connectivity index (χ1n) is 10.7. The minimum absolute atomic E-state index is 0.118. The van der Waals surface area contributed by atoms with Gasteiger partial charge in [0.15, 0.2) is 0 Å². The predicted molar refractivity (Wildman–Crippen MR) is 141 cm³/mol. The van der Waals surface area contributed by atoms with Gasteiger partial charge in [0.05, 0.1) is 16.2 Å². The van der Waals surface area contributed by atoms with Crippen molar-refractivity contribution >= 4 is 53.3 Å². The zero-order valence-electron chi connectivity index (χ0n) is 18.6. The summed E-state index contributed by atoms with van der Waals surface area (Å²) in [4.78, 5) is 14.9. The van der Waals surface area contributed by atoms with Gasteiger partial charge in [-0.3, -0.25) is 15.0 Å². The Kier molecular flexibility index (Phi) is 9.50. The van der Waals surface area contributed by atoms with Crippen molar-refractivity contribution in [3.8, 4) is 12.3 Å². The third-order valence-electron chi connectivity index (χ3n) is 5.65. The molecule has 2 aromatic rings. The Morgan fingerprint density at radius 3 is 2.21 bits per heavy atom. The monoisotopic (exact) mass is 612 g/mol. The Balaban J connectivity index is 1.95. The second kappa shape index (κ2) is 12.1. The summed E-state index contributed by atoms with van der Waals surface area (Å²) in [5.74, 6) is 2.47. The summed E-state index contributed by atoms with van der Waals surface area (Å²) in [6.07, 6.45) is 5.69. The van der Waals surface area contributed by atoms with E-state index in [-0.39, 0.29) is 16.1 Å². The lowest BCUT2D eigenvalue weighted by atomic mass is 10.1. The molecule has 0 saturated carbocycles. The molecule has 3 rings (SSSR count). The number of nitrogens with zero attached hydrogens (tertiary/aromatic N) is 4. The number of non-ortho nitro benzene ring substituents is 1. The maximum atomic E-state index is 13.8. The van der Waals surface area contributed by atoms with Crippen LogP contribution in [0.1, 0.15) is 11.1 Å². The standard InChI is InChI=1S/C23H26Br2N4O4S/c1-2-20-16-21(29(30)31)17-22(23(20)27(10-8-24)11-9-25)34(32,33)28-14-12-26(13-15-28)18-19-6-4-3-5-7-19/h1,3-7,16-17H,8-15,18H2. The molecule has 0 aliphatic carbocycles. The van der Waals surface area contributed by atoms with Gasteiger partial charge in [-0.2, -0.15) is 4.31 Å². The quantitative estimate of drug-likeness (QED) is 0.176. The molecule has 182 valence electrons. The molecule has 0 radical (unpaired) electrons. The van der Waals surface area contributed by atoms with E-state index in [0.29, 0.717) is 55.6 Å². The lowest BCUT2D eigenvalue weighted by Gasteiger charge is -2.35. The average Bonchev–Trinajstić information content (AvgIpc) is 2.84. The minimum Gasteiger partial charge on any atom is -0.368 e. The number of anilines is 1. The molecule has 0 amide bonds. The first-order valence-corrected chi connectivity index (χ1v) is 14.4. The number of nitro benzene ring substituents is 1. The highest BCUT2D eigenvalue weighted by Gasteiger charge is 2.34. The normalized spacial score (nSPS) is 15.1. The fourth-order valence-electron chi connectivity index (χ4n) is 3.98. The van der Waals surface area contributed by atoms with Gasteiger partial charge in [-0.25, -0.2) is 8.42 Å². The number of nitro groups is 1. The first kappa shape index (κ1) is 26.6. The van der Waals surface area contributed by atoms with Crippen LogP contribution in [-0.2, 0) is 16.6 Å². The first-order chi connectivity index (χ1) is 16.3. The molecule has 0 unspecified atom stereocenters. The fraction of sp³-hybridized carbons (Fsp3) is 0.391. The molecule has 11 heteroatoms. The molecule has 0 spiro atoms. The van der Waals surface area contributed by atoms with Crippen LogP contribution in [0, 0.1) is 22.5 Å². The Hall–Kier alpha value is -1.97. The van der Waals surface area contributed by atoms with Gasteiger partial charge < -0.3 is 4.90 Å². The van der Waals surface area contributed by atoms with Gasteiger partial charge >= 0.3 is 0 Å². The molecule has 0 N–H and O–H groups in total. The molecule has 8 nitrogen and oxygen atoms in total. The molecule has 1 aliphatic heterocycles. The van der Waals surface area contributed by atoms with Crippen molar-refractivity contribution in [1.82, 2.24) is 9.21 Å². The zero-order valence-corrected chi connectivity index (χ0v) is 22.6. The van der Waals surface area contributed by atoms with Crippen LogP contribution in [0.3, 0.4) is 0 Å². The summed E-state index contributed by atoms with van der Waals surface area (Å²) in [5, 5.41) is 12.7. The van der Waals surface area contributed by atoms with Gasteiger partial charge in [-0.15, -0.1) is 6.42 Å². The van der Waals surface area contributed by atoms with E-state index in [1.807, 2.05) is 35.2 Å². The van der Waals surface area contributed by atoms with Crippen LogP contribution in [0.5, 0.6) is 0 Å². The van der Waals surface area contributed by atoms with E-state index in [1.54, 1.807) is 0 Å². The van der Waals surface area contributed by atoms with Gasteiger partial charge in [0, 0.05) is 68.6 Å². The Bertz CT molecular complexity index is 1140. The van der Waals surface area contributed by atoms with Gasteiger partial charge in [0.25, 0.3) is 5.69 Å². The van der Waals surface area contributed by atoms with E-state index in [1.165, 1.54) is 15.9 Å². The minimum atomic E-state index is -4.02. The third-order valence-corrected chi connectivity index (χ3v) is 8.27. The molecule has 34 heavy (non-hydrogen) atoms. The van der Waals surface area contributed by atoms with Gasteiger partial charge in [-0.1, -0.05) is 68.1 Å². The average molecular weight is 614 g/mol. The summed E-state index contributed by atoms with van der Waals surface area (Å²) in [7, 11) is -4.02. The number of halogens is 2. The molecule has 0 bridgehead atoms. The summed E-state index contributed by atoms with van der Waals surface area (Å²) in [5.41, 5.74) is 1.35. The van der Waals surface area contributed by atoms with Crippen LogP contribution in [-0.4, -0.2) is 72.5 Å². The van der Waals surface area contributed by atoms with Crippen LogP contribution in [0.25, 0.3) is 0 Å². The van der Waals surface area contributed by atoms with Crippen molar-refractivity contribution < 1.29 is 13.3 Å². The van der Waals surface area contributed by atoms with Crippen LogP contribution in [0.15, 0.2) is 47.4 Å². The van der Waals surface area contributed by atoms with E-state index < -0.39 is 14.9 Å². The van der Waals surface area contributed by atoms with E-state index in [2.05, 4.69) is 42.7 Å². The number of alkyl halides is 2. The van der Waals surface area contributed by atoms with Gasteiger partial charge in [0.1, 0.15) is 4.90 Å². The molecule has 0 atom stereocenters. The number of hydrogen-bond donors (Lipinski definition) is 0. The van der Waals surface area contributed by atoms with Gasteiger partial charge in [-0.05, 0) is 5.56 Å². The van der Waals surface area contributed by atoms with Crippen molar-refractivity contribution in [2.75, 3.05) is 54.8 Å². The van der Waals surface area contributed by atoms with Crippen LogP contribution in [0.4, 0.5) is 11.4 Å². The number of rotatable bonds is 10. The Morgan fingerprint density at radius 1 is 1.06 bits per heavy atom. The smallest absolute Gasteiger partial charge is 0.272 e. The molecule has 1 fully saturated rings. The van der Waals surface area contributed by atoms with Crippen LogP contribution < -0.4 is 4.90 Å². The third kappa shape index (κ3) is 6.17. The molecule has 1 heterocycles. The summed E-state index contributed by atoms with van der Waals surface area (Å²) in [6, 6.07) is 12.4. The highest BCUT2D eigenvalue weighted by atomic mass is 79.9. The molecule has 1 saturated heterocycles. The predicted octanol–water partition coefficient (Wildman–Crippen LogP) is 3.68. The van der Waals surface area contributed by atoms with Crippen molar-refractivity contribution in [1.29, 1.82) is 0 Å². The lowest BCUT2D eigenvalue weighted by molar-refractivity contribution is -0.385. The lowest BCUT2D eigenvalue weighted by Crippen LogP contribution is -2.48. The number of hydrogen-bond acceptors (Lipinski definition) is 6. The maximum absolute atomic E-state index is 13.8. The number of benzene rings is 2. The summed E-state index contributed by atoms with van der Waals surface area (Å²) in [6.45, 7) is 3.43. The second-order valence-corrected chi connectivity index (χ2v) is 11.3. The molecule has 0 aromatic heterocycles.